The molecule has 3 N–H and O–H groups in total. The first-order chi connectivity index (χ1) is 17.1. The second-order valence-electron chi connectivity index (χ2n) is 9.26. The normalized spacial score (nSPS) is 20.7. The van der Waals surface area contributed by atoms with Crippen molar-refractivity contribution in [2.75, 3.05) is 11.9 Å². The molecule has 8 nitrogen and oxygen atoms in total. The zero-order valence-corrected chi connectivity index (χ0v) is 19.9. The van der Waals surface area contributed by atoms with Crippen LogP contribution in [-0.2, 0) is 32.9 Å². The summed E-state index contributed by atoms with van der Waals surface area (Å²) in [5.74, 6) is -1.40. The summed E-state index contributed by atoms with van der Waals surface area (Å²) in [6.07, 6.45) is -3.63. The Morgan fingerprint density at radius 2 is 1.89 bits per heavy atom. The molecule has 5 rings (SSSR count). The summed E-state index contributed by atoms with van der Waals surface area (Å²) in [4.78, 5) is 50.7. The number of rotatable bonds is 7. The van der Waals surface area contributed by atoms with E-state index in [9.17, 15) is 32.3 Å². The molecule has 4 amide bonds. The fourth-order valence-electron chi connectivity index (χ4n) is 4.73. The third-order valence-electron chi connectivity index (χ3n) is 7.01. The van der Waals surface area contributed by atoms with Crippen molar-refractivity contribution in [3.8, 4) is 0 Å². The largest absolute Gasteiger partial charge is 0.398 e. The molecular weight excluding hydrogens is 497 g/mol. The summed E-state index contributed by atoms with van der Waals surface area (Å²) in [6.45, 7) is 0.354. The molecule has 3 aliphatic rings. The molecule has 36 heavy (non-hydrogen) atoms. The topological polar surface area (TPSA) is 108 Å². The highest BCUT2D eigenvalue weighted by molar-refractivity contribution is 7.12. The van der Waals surface area contributed by atoms with Gasteiger partial charge in [0.2, 0.25) is 17.7 Å². The molecule has 1 aromatic carbocycles. The number of fused-ring (bicyclic) bond motifs is 1. The zero-order valence-electron chi connectivity index (χ0n) is 19.0. The maximum atomic E-state index is 13.3. The molecule has 1 saturated carbocycles. The molecule has 0 bridgehead atoms. The van der Waals surface area contributed by atoms with Crippen LogP contribution < -0.4 is 16.0 Å². The van der Waals surface area contributed by atoms with Gasteiger partial charge in [0.25, 0.3) is 5.91 Å². The van der Waals surface area contributed by atoms with E-state index < -0.39 is 23.5 Å². The van der Waals surface area contributed by atoms with Gasteiger partial charge in [-0.25, -0.2) is 0 Å². The Hall–Kier alpha value is -3.41. The van der Waals surface area contributed by atoms with Crippen LogP contribution in [0.4, 0.5) is 18.9 Å². The summed E-state index contributed by atoms with van der Waals surface area (Å²) in [6, 6.07) is 5.27. The van der Waals surface area contributed by atoms with Crippen LogP contribution in [0.1, 0.15) is 52.0 Å². The van der Waals surface area contributed by atoms with Gasteiger partial charge in [-0.3, -0.25) is 24.5 Å². The number of nitrogens with one attached hydrogen (secondary N) is 3. The molecule has 3 heterocycles. The van der Waals surface area contributed by atoms with E-state index in [4.69, 9.17) is 0 Å². The second kappa shape index (κ2) is 8.91. The molecule has 0 unspecified atom stereocenters. The number of piperidine rings is 1. The molecule has 0 radical (unpaired) electrons. The maximum absolute atomic E-state index is 13.3. The first kappa shape index (κ1) is 24.3. The molecule has 1 aromatic heterocycles. The van der Waals surface area contributed by atoms with Gasteiger partial charge in [-0.15, -0.1) is 11.3 Å². The Morgan fingerprint density at radius 1 is 1.17 bits per heavy atom. The Labute approximate surface area is 208 Å². The Kier molecular flexibility index (Phi) is 6.01. The molecule has 2 aliphatic heterocycles. The molecule has 0 spiro atoms. The van der Waals surface area contributed by atoms with E-state index in [1.807, 2.05) is 0 Å². The van der Waals surface area contributed by atoms with E-state index in [2.05, 4.69) is 16.0 Å². The van der Waals surface area contributed by atoms with Crippen LogP contribution in [0, 0.1) is 0 Å². The van der Waals surface area contributed by atoms with Gasteiger partial charge >= 0.3 is 6.18 Å². The number of halogens is 3. The van der Waals surface area contributed by atoms with Crippen LogP contribution in [0.15, 0.2) is 29.6 Å². The standard InChI is InChI=1S/C24H23F3N4O4S/c25-24(26,27)23(7-8-23)14-1-3-15(4-2-14)28-10-19(33)29-9-13-12-36-20-16(13)11-31(22(20)35)17-5-6-18(32)30-21(17)34/h1-4,12,17,28H,5-11H2,(H,29,33)(H,30,32,34)/t17-/m0/s1. The number of hydrogen-bond donors (Lipinski definition) is 3. The predicted molar refractivity (Wildman–Crippen MR) is 124 cm³/mol. The van der Waals surface area contributed by atoms with Gasteiger partial charge in [0, 0.05) is 30.8 Å². The number of thiophene rings is 1. The van der Waals surface area contributed by atoms with Crippen LogP contribution >= 0.6 is 11.3 Å². The lowest BCUT2D eigenvalue weighted by Crippen LogP contribution is -2.52. The monoisotopic (exact) mass is 520 g/mol. The van der Waals surface area contributed by atoms with Gasteiger partial charge in [-0.2, -0.15) is 13.2 Å². The molecule has 12 heteroatoms. The number of amides is 4. The first-order valence-corrected chi connectivity index (χ1v) is 12.4. The molecule has 2 fully saturated rings. The highest BCUT2D eigenvalue weighted by Gasteiger charge is 2.64. The van der Waals surface area contributed by atoms with Gasteiger partial charge in [0.1, 0.15) is 6.04 Å². The van der Waals surface area contributed by atoms with Crippen LogP contribution in [-0.4, -0.2) is 47.3 Å². The van der Waals surface area contributed by atoms with Crippen molar-refractivity contribution in [1.29, 1.82) is 0 Å². The maximum Gasteiger partial charge on any atom is 0.398 e. The summed E-state index contributed by atoms with van der Waals surface area (Å²) in [5.41, 5.74) is 0.569. The van der Waals surface area contributed by atoms with E-state index in [0.717, 1.165) is 11.1 Å². The van der Waals surface area contributed by atoms with Crippen molar-refractivity contribution in [1.82, 2.24) is 15.5 Å². The van der Waals surface area contributed by atoms with Crippen LogP contribution in [0.2, 0.25) is 0 Å². The molecule has 2 aromatic rings. The Morgan fingerprint density at radius 3 is 2.53 bits per heavy atom. The first-order valence-electron chi connectivity index (χ1n) is 11.5. The minimum atomic E-state index is -4.27. The predicted octanol–water partition coefficient (Wildman–Crippen LogP) is 2.83. The number of carbonyl (C=O) groups excluding carboxylic acids is 4. The fourth-order valence-corrected chi connectivity index (χ4v) is 5.77. The molecule has 1 saturated heterocycles. The van der Waals surface area contributed by atoms with Crippen molar-refractivity contribution in [2.24, 2.45) is 0 Å². The molecule has 1 aliphatic carbocycles. The number of anilines is 1. The highest BCUT2D eigenvalue weighted by atomic mass is 32.1. The average Bonchev–Trinajstić information content (AvgIpc) is 3.48. The van der Waals surface area contributed by atoms with Crippen LogP contribution in [0.3, 0.4) is 0 Å². The quantitative estimate of drug-likeness (QED) is 0.487. The number of imide groups is 1. The Bertz CT molecular complexity index is 1240. The number of hydrogen-bond acceptors (Lipinski definition) is 6. The minimum Gasteiger partial charge on any atom is -0.376 e. The average molecular weight is 521 g/mol. The van der Waals surface area contributed by atoms with E-state index in [-0.39, 0.29) is 68.6 Å². The lowest BCUT2D eigenvalue weighted by atomic mass is 9.95. The third-order valence-corrected chi connectivity index (χ3v) is 8.07. The fraction of sp³-hybridized carbons (Fsp3) is 0.417. The summed E-state index contributed by atoms with van der Waals surface area (Å²) in [5, 5.41) is 9.74. The van der Waals surface area contributed by atoms with Crippen LogP contribution in [0.25, 0.3) is 0 Å². The number of alkyl halides is 3. The van der Waals surface area contributed by atoms with Gasteiger partial charge in [0.15, 0.2) is 0 Å². The summed E-state index contributed by atoms with van der Waals surface area (Å²) < 4.78 is 39.8. The summed E-state index contributed by atoms with van der Waals surface area (Å²) in [7, 11) is 0. The van der Waals surface area contributed by atoms with Gasteiger partial charge in [-0.05, 0) is 47.9 Å². The highest BCUT2D eigenvalue weighted by Crippen LogP contribution is 2.58. The van der Waals surface area contributed by atoms with Crippen molar-refractivity contribution >= 4 is 40.7 Å². The third kappa shape index (κ3) is 4.34. The van der Waals surface area contributed by atoms with Crippen molar-refractivity contribution in [2.45, 2.75) is 56.4 Å². The van der Waals surface area contributed by atoms with Gasteiger partial charge < -0.3 is 15.5 Å². The SMILES string of the molecule is O=C(CNc1ccc(C2(C(F)(F)F)CC2)cc1)NCc1csc2c1CN([C@H]1CCC(=O)NC1=O)C2=O. The van der Waals surface area contributed by atoms with Gasteiger partial charge in [0.05, 0.1) is 16.8 Å². The van der Waals surface area contributed by atoms with Crippen molar-refractivity contribution in [3.05, 3.63) is 51.2 Å². The van der Waals surface area contributed by atoms with Crippen LogP contribution in [0.5, 0.6) is 0 Å². The number of carbonyl (C=O) groups is 4. The molecular formula is C24H23F3N4O4S. The van der Waals surface area contributed by atoms with Crippen molar-refractivity contribution in [3.63, 3.8) is 0 Å². The van der Waals surface area contributed by atoms with E-state index in [1.165, 1.54) is 40.5 Å². The number of nitrogens with zero attached hydrogens (tertiary/aromatic N) is 1. The minimum absolute atomic E-state index is 0.0720. The smallest absolute Gasteiger partial charge is 0.376 e. The Balaban J connectivity index is 1.13. The van der Waals surface area contributed by atoms with E-state index in [1.54, 1.807) is 5.38 Å². The van der Waals surface area contributed by atoms with Crippen molar-refractivity contribution < 1.29 is 32.3 Å². The lowest BCUT2D eigenvalue weighted by molar-refractivity contribution is -0.160. The lowest BCUT2D eigenvalue weighted by Gasteiger charge is -2.29. The van der Waals surface area contributed by atoms with E-state index >= 15 is 0 Å². The molecule has 190 valence electrons. The van der Waals surface area contributed by atoms with Gasteiger partial charge in [-0.1, -0.05) is 12.1 Å². The second-order valence-corrected chi connectivity index (χ2v) is 10.1. The zero-order chi connectivity index (χ0) is 25.7. The van der Waals surface area contributed by atoms with E-state index in [0.29, 0.717) is 10.6 Å². The number of benzene rings is 1. The molecule has 1 atom stereocenters. The summed E-state index contributed by atoms with van der Waals surface area (Å²) >= 11 is 1.25.